The largest absolute Gasteiger partial charge is 0.497 e. The van der Waals surface area contributed by atoms with Gasteiger partial charge < -0.3 is 14.4 Å². The molecule has 4 nitrogen and oxygen atoms in total. The van der Waals surface area contributed by atoms with Crippen LogP contribution in [0.3, 0.4) is 0 Å². The smallest absolute Gasteiger partial charge is 0.260 e. The SMILES string of the molecule is CCC(C)N(C(=O)COc1cccc(OC)c1)C(C)CC. The first kappa shape index (κ1) is 17.3. The van der Waals surface area contributed by atoms with E-state index in [0.717, 1.165) is 18.6 Å². The van der Waals surface area contributed by atoms with Crippen LogP contribution in [-0.4, -0.2) is 36.6 Å². The molecule has 0 radical (unpaired) electrons. The van der Waals surface area contributed by atoms with E-state index in [4.69, 9.17) is 9.47 Å². The Labute approximate surface area is 128 Å². The molecule has 0 aliphatic rings. The van der Waals surface area contributed by atoms with E-state index in [2.05, 4.69) is 27.7 Å². The number of rotatable bonds is 8. The Morgan fingerprint density at radius 1 is 1.14 bits per heavy atom. The summed E-state index contributed by atoms with van der Waals surface area (Å²) in [6, 6.07) is 7.75. The van der Waals surface area contributed by atoms with Crippen molar-refractivity contribution in [2.45, 2.75) is 52.6 Å². The molecule has 2 atom stereocenters. The van der Waals surface area contributed by atoms with Gasteiger partial charge in [0.05, 0.1) is 7.11 Å². The molecule has 0 aliphatic carbocycles. The average molecular weight is 293 g/mol. The van der Waals surface area contributed by atoms with Gasteiger partial charge in [-0.2, -0.15) is 0 Å². The molecule has 0 fully saturated rings. The third-order valence-corrected chi connectivity index (χ3v) is 3.82. The lowest BCUT2D eigenvalue weighted by molar-refractivity contribution is -0.137. The van der Waals surface area contributed by atoms with Crippen LogP contribution in [0.5, 0.6) is 11.5 Å². The monoisotopic (exact) mass is 293 g/mol. The lowest BCUT2D eigenvalue weighted by atomic mass is 10.1. The maximum Gasteiger partial charge on any atom is 0.260 e. The Bertz CT molecular complexity index is 437. The van der Waals surface area contributed by atoms with E-state index < -0.39 is 0 Å². The van der Waals surface area contributed by atoms with Crippen LogP contribution in [0.25, 0.3) is 0 Å². The lowest BCUT2D eigenvalue weighted by Gasteiger charge is -2.33. The summed E-state index contributed by atoms with van der Waals surface area (Å²) in [5.74, 6) is 1.40. The normalized spacial score (nSPS) is 13.4. The highest BCUT2D eigenvalue weighted by Crippen LogP contribution is 2.19. The van der Waals surface area contributed by atoms with Gasteiger partial charge in [0, 0.05) is 18.2 Å². The van der Waals surface area contributed by atoms with Gasteiger partial charge in [0.25, 0.3) is 5.91 Å². The summed E-state index contributed by atoms with van der Waals surface area (Å²) in [6.07, 6.45) is 1.88. The second-order valence-corrected chi connectivity index (χ2v) is 5.28. The quantitative estimate of drug-likeness (QED) is 0.736. The van der Waals surface area contributed by atoms with Crippen LogP contribution in [0.4, 0.5) is 0 Å². The van der Waals surface area contributed by atoms with Crippen LogP contribution in [-0.2, 0) is 4.79 Å². The van der Waals surface area contributed by atoms with Crippen molar-refractivity contribution in [2.24, 2.45) is 0 Å². The van der Waals surface area contributed by atoms with E-state index >= 15 is 0 Å². The summed E-state index contributed by atoms with van der Waals surface area (Å²) in [5, 5.41) is 0. The van der Waals surface area contributed by atoms with Crippen molar-refractivity contribution < 1.29 is 14.3 Å². The maximum atomic E-state index is 12.4. The maximum absolute atomic E-state index is 12.4. The van der Waals surface area contributed by atoms with Gasteiger partial charge in [-0.05, 0) is 38.8 Å². The molecule has 4 heteroatoms. The van der Waals surface area contributed by atoms with Gasteiger partial charge in [0.1, 0.15) is 11.5 Å². The highest BCUT2D eigenvalue weighted by Gasteiger charge is 2.23. The van der Waals surface area contributed by atoms with E-state index in [1.54, 1.807) is 13.2 Å². The van der Waals surface area contributed by atoms with Gasteiger partial charge in [-0.15, -0.1) is 0 Å². The highest BCUT2D eigenvalue weighted by atomic mass is 16.5. The number of carbonyl (C=O) groups is 1. The number of nitrogens with zero attached hydrogens (tertiary/aromatic N) is 1. The number of amides is 1. The predicted molar refractivity (Wildman–Crippen MR) is 84.8 cm³/mol. The molecule has 0 N–H and O–H groups in total. The number of benzene rings is 1. The molecule has 0 heterocycles. The van der Waals surface area contributed by atoms with Gasteiger partial charge in [-0.1, -0.05) is 19.9 Å². The average Bonchev–Trinajstić information content (AvgIpc) is 2.52. The zero-order chi connectivity index (χ0) is 15.8. The highest BCUT2D eigenvalue weighted by molar-refractivity contribution is 5.78. The fourth-order valence-corrected chi connectivity index (χ4v) is 2.23. The predicted octanol–water partition coefficient (Wildman–Crippen LogP) is 3.50. The van der Waals surface area contributed by atoms with Gasteiger partial charge in [0.15, 0.2) is 6.61 Å². The molecule has 21 heavy (non-hydrogen) atoms. The van der Waals surface area contributed by atoms with E-state index in [9.17, 15) is 4.79 Å². The standard InChI is InChI=1S/C17H27NO3/c1-6-13(3)18(14(4)7-2)17(19)12-21-16-10-8-9-15(11-16)20-5/h8-11,13-14H,6-7,12H2,1-5H3. The minimum absolute atomic E-state index is 0.0292. The zero-order valence-electron chi connectivity index (χ0n) is 13.8. The van der Waals surface area contributed by atoms with Crippen LogP contribution < -0.4 is 9.47 Å². The van der Waals surface area contributed by atoms with E-state index in [1.165, 1.54) is 0 Å². The molecule has 0 spiro atoms. The van der Waals surface area contributed by atoms with Crippen molar-refractivity contribution >= 4 is 5.91 Å². The van der Waals surface area contributed by atoms with Crippen LogP contribution >= 0.6 is 0 Å². The fraction of sp³-hybridized carbons (Fsp3) is 0.588. The third kappa shape index (κ3) is 4.96. The van der Waals surface area contributed by atoms with Crippen molar-refractivity contribution in [1.82, 2.24) is 4.90 Å². The van der Waals surface area contributed by atoms with Crippen LogP contribution in [0.15, 0.2) is 24.3 Å². The van der Waals surface area contributed by atoms with E-state index in [0.29, 0.717) is 5.75 Å². The minimum atomic E-state index is 0.0292. The van der Waals surface area contributed by atoms with E-state index in [1.807, 2.05) is 23.1 Å². The van der Waals surface area contributed by atoms with E-state index in [-0.39, 0.29) is 24.6 Å². The van der Waals surface area contributed by atoms with Crippen molar-refractivity contribution in [2.75, 3.05) is 13.7 Å². The number of methoxy groups -OCH3 is 1. The summed E-state index contributed by atoms with van der Waals surface area (Å²) in [4.78, 5) is 14.4. The first-order chi connectivity index (χ1) is 10.0. The first-order valence-corrected chi connectivity index (χ1v) is 7.61. The first-order valence-electron chi connectivity index (χ1n) is 7.61. The van der Waals surface area contributed by atoms with Crippen molar-refractivity contribution in [3.63, 3.8) is 0 Å². The summed E-state index contributed by atoms with van der Waals surface area (Å²) in [6.45, 7) is 8.40. The molecule has 0 aromatic heterocycles. The topological polar surface area (TPSA) is 38.8 Å². The molecule has 0 saturated carbocycles. The Morgan fingerprint density at radius 3 is 2.24 bits per heavy atom. The molecule has 1 rings (SSSR count). The lowest BCUT2D eigenvalue weighted by Crippen LogP contribution is -2.46. The molecule has 118 valence electrons. The second-order valence-electron chi connectivity index (χ2n) is 5.28. The second kappa shape index (κ2) is 8.55. The number of hydrogen-bond acceptors (Lipinski definition) is 3. The van der Waals surface area contributed by atoms with Crippen molar-refractivity contribution in [1.29, 1.82) is 0 Å². The molecule has 1 aromatic carbocycles. The molecular formula is C17H27NO3. The molecule has 0 saturated heterocycles. The van der Waals surface area contributed by atoms with Crippen molar-refractivity contribution in [3.8, 4) is 11.5 Å². The number of hydrogen-bond donors (Lipinski definition) is 0. The van der Waals surface area contributed by atoms with Gasteiger partial charge in [-0.3, -0.25) is 4.79 Å². The van der Waals surface area contributed by atoms with Crippen LogP contribution in [0.1, 0.15) is 40.5 Å². The molecule has 1 amide bonds. The summed E-state index contributed by atoms with van der Waals surface area (Å²) in [7, 11) is 1.61. The Balaban J connectivity index is 2.68. The third-order valence-electron chi connectivity index (χ3n) is 3.82. The Kier molecular flexibility index (Phi) is 7.06. The van der Waals surface area contributed by atoms with Crippen LogP contribution in [0, 0.1) is 0 Å². The Hall–Kier alpha value is -1.71. The molecule has 0 bridgehead atoms. The summed E-state index contributed by atoms with van der Waals surface area (Å²) < 4.78 is 10.8. The molecule has 2 unspecified atom stereocenters. The summed E-state index contributed by atoms with van der Waals surface area (Å²) in [5.41, 5.74) is 0. The molecular weight excluding hydrogens is 266 g/mol. The zero-order valence-corrected chi connectivity index (χ0v) is 13.8. The fourth-order valence-electron chi connectivity index (χ4n) is 2.23. The van der Waals surface area contributed by atoms with Crippen molar-refractivity contribution in [3.05, 3.63) is 24.3 Å². The van der Waals surface area contributed by atoms with Gasteiger partial charge >= 0.3 is 0 Å². The number of ether oxygens (including phenoxy) is 2. The van der Waals surface area contributed by atoms with Crippen LogP contribution in [0.2, 0.25) is 0 Å². The minimum Gasteiger partial charge on any atom is -0.497 e. The molecule has 0 aliphatic heterocycles. The van der Waals surface area contributed by atoms with Gasteiger partial charge in [-0.25, -0.2) is 0 Å². The number of carbonyl (C=O) groups excluding carboxylic acids is 1. The molecule has 1 aromatic rings. The summed E-state index contributed by atoms with van der Waals surface area (Å²) >= 11 is 0. The van der Waals surface area contributed by atoms with Gasteiger partial charge in [0.2, 0.25) is 0 Å². The Morgan fingerprint density at radius 2 is 1.71 bits per heavy atom.